The average Bonchev–Trinajstić information content (AvgIpc) is 3.19. The maximum atomic E-state index is 12.2. The Balaban J connectivity index is 1.46. The van der Waals surface area contributed by atoms with Gasteiger partial charge in [0.15, 0.2) is 0 Å². The van der Waals surface area contributed by atoms with Crippen LogP contribution in [0.3, 0.4) is 0 Å². The van der Waals surface area contributed by atoms with Gasteiger partial charge >= 0.3 is 0 Å². The number of anilines is 1. The molecule has 2 aromatic rings. The highest BCUT2D eigenvalue weighted by Crippen LogP contribution is 2.24. The molecule has 142 valence electrons. The molecule has 2 aromatic carbocycles. The van der Waals surface area contributed by atoms with Crippen LogP contribution in [0.15, 0.2) is 54.6 Å². The van der Waals surface area contributed by atoms with Gasteiger partial charge in [0, 0.05) is 30.4 Å². The summed E-state index contributed by atoms with van der Waals surface area (Å²) < 4.78 is 5.11. The van der Waals surface area contributed by atoms with Crippen molar-refractivity contribution in [2.75, 3.05) is 31.6 Å². The molecule has 3 rings (SSSR count). The molecule has 1 aliphatic rings. The summed E-state index contributed by atoms with van der Waals surface area (Å²) >= 11 is 0. The highest BCUT2D eigenvalue weighted by Gasteiger charge is 2.24. The number of nitrogens with one attached hydrogen (secondary N) is 2. The first kappa shape index (κ1) is 18.8. The number of benzene rings is 2. The molecule has 1 atom stereocenters. The van der Waals surface area contributed by atoms with E-state index in [1.165, 1.54) is 5.69 Å². The minimum Gasteiger partial charge on any atom is -0.497 e. The van der Waals surface area contributed by atoms with Gasteiger partial charge in [-0.05, 0) is 43.2 Å². The van der Waals surface area contributed by atoms with Crippen LogP contribution >= 0.6 is 0 Å². The van der Waals surface area contributed by atoms with Crippen LogP contribution in [0.1, 0.15) is 23.2 Å². The highest BCUT2D eigenvalue weighted by molar-refractivity contribution is 5.96. The van der Waals surface area contributed by atoms with Crippen molar-refractivity contribution in [2.45, 2.75) is 18.9 Å². The molecule has 1 aliphatic heterocycles. The van der Waals surface area contributed by atoms with Gasteiger partial charge in [-0.3, -0.25) is 9.59 Å². The second-order valence-electron chi connectivity index (χ2n) is 6.54. The maximum Gasteiger partial charge on any atom is 0.251 e. The van der Waals surface area contributed by atoms with Crippen molar-refractivity contribution in [1.29, 1.82) is 0 Å². The third-order valence-corrected chi connectivity index (χ3v) is 4.74. The van der Waals surface area contributed by atoms with E-state index >= 15 is 0 Å². The third-order valence-electron chi connectivity index (χ3n) is 4.74. The predicted molar refractivity (Wildman–Crippen MR) is 105 cm³/mol. The highest BCUT2D eigenvalue weighted by atomic mass is 16.5. The molecule has 1 saturated heterocycles. The molecule has 1 heterocycles. The summed E-state index contributed by atoms with van der Waals surface area (Å²) in [5.74, 6) is 0.122. The summed E-state index contributed by atoms with van der Waals surface area (Å²) in [4.78, 5) is 26.6. The zero-order valence-corrected chi connectivity index (χ0v) is 15.5. The van der Waals surface area contributed by atoms with Gasteiger partial charge in [-0.15, -0.1) is 0 Å². The fraction of sp³-hybridized carbons (Fsp3) is 0.333. The number of nitrogens with zero attached hydrogens (tertiary/aromatic N) is 1. The molecule has 2 N–H and O–H groups in total. The molecule has 0 radical (unpaired) electrons. The first-order valence-corrected chi connectivity index (χ1v) is 9.18. The van der Waals surface area contributed by atoms with Gasteiger partial charge < -0.3 is 20.3 Å². The van der Waals surface area contributed by atoms with Crippen LogP contribution in [0.5, 0.6) is 5.75 Å². The Kier molecular flexibility index (Phi) is 6.30. The van der Waals surface area contributed by atoms with Crippen molar-refractivity contribution in [1.82, 2.24) is 10.6 Å². The third kappa shape index (κ3) is 5.00. The predicted octanol–water partition coefficient (Wildman–Crippen LogP) is 2.21. The minimum absolute atomic E-state index is 0.0475. The summed E-state index contributed by atoms with van der Waals surface area (Å²) in [6.45, 7) is 1.52. The molecule has 1 unspecified atom stereocenters. The smallest absolute Gasteiger partial charge is 0.251 e. The van der Waals surface area contributed by atoms with E-state index in [4.69, 9.17) is 4.74 Å². The Morgan fingerprint density at radius 1 is 1.11 bits per heavy atom. The summed E-state index contributed by atoms with van der Waals surface area (Å²) in [5, 5.41) is 5.58. The van der Waals surface area contributed by atoms with Gasteiger partial charge in [-0.1, -0.05) is 24.3 Å². The van der Waals surface area contributed by atoms with E-state index < -0.39 is 0 Å². The molecule has 0 bridgehead atoms. The fourth-order valence-electron chi connectivity index (χ4n) is 3.33. The van der Waals surface area contributed by atoms with E-state index in [2.05, 4.69) is 27.7 Å². The average molecular weight is 367 g/mol. The lowest BCUT2D eigenvalue weighted by atomic mass is 10.2. The summed E-state index contributed by atoms with van der Waals surface area (Å²) in [6, 6.07) is 17.4. The molecule has 27 heavy (non-hydrogen) atoms. The van der Waals surface area contributed by atoms with E-state index in [-0.39, 0.29) is 24.4 Å². The van der Waals surface area contributed by atoms with E-state index in [1.807, 2.05) is 18.2 Å². The zero-order chi connectivity index (χ0) is 19.1. The van der Waals surface area contributed by atoms with E-state index in [0.717, 1.165) is 19.4 Å². The molecular formula is C21H25N3O3. The van der Waals surface area contributed by atoms with Crippen molar-refractivity contribution in [2.24, 2.45) is 0 Å². The number of hydrogen-bond acceptors (Lipinski definition) is 4. The van der Waals surface area contributed by atoms with Crippen LogP contribution in [-0.4, -0.2) is 44.6 Å². The molecular weight excluding hydrogens is 342 g/mol. The molecule has 0 aromatic heterocycles. The molecule has 0 aliphatic carbocycles. The van der Waals surface area contributed by atoms with Gasteiger partial charge in [-0.2, -0.15) is 0 Å². The first-order valence-electron chi connectivity index (χ1n) is 9.18. The number of methoxy groups -OCH3 is 1. The van der Waals surface area contributed by atoms with Gasteiger partial charge in [0.05, 0.1) is 13.7 Å². The van der Waals surface area contributed by atoms with Crippen molar-refractivity contribution in [3.63, 3.8) is 0 Å². The molecule has 1 fully saturated rings. The standard InChI is InChI=1S/C21H25N3O3/c1-27-19-11-5-7-16(13-19)21(26)23-15-20(25)22-14-18-10-6-12-24(18)17-8-3-2-4-9-17/h2-5,7-9,11,13,18H,6,10,12,14-15H2,1H3,(H,22,25)(H,23,26). The molecule has 6 heteroatoms. The number of hydrogen-bond donors (Lipinski definition) is 2. The topological polar surface area (TPSA) is 70.7 Å². The Hall–Kier alpha value is -3.02. The monoisotopic (exact) mass is 367 g/mol. The number of rotatable bonds is 7. The number of para-hydroxylation sites is 1. The van der Waals surface area contributed by atoms with Crippen molar-refractivity contribution in [3.05, 3.63) is 60.2 Å². The Labute approximate surface area is 159 Å². The summed E-state index contributed by atoms with van der Waals surface area (Å²) in [6.07, 6.45) is 2.16. The molecule has 0 saturated carbocycles. The lowest BCUT2D eigenvalue weighted by Crippen LogP contribution is -2.43. The van der Waals surface area contributed by atoms with Gasteiger partial charge in [0.25, 0.3) is 5.91 Å². The quantitative estimate of drug-likeness (QED) is 0.787. The van der Waals surface area contributed by atoms with Crippen molar-refractivity contribution in [3.8, 4) is 5.75 Å². The lowest BCUT2D eigenvalue weighted by Gasteiger charge is -2.27. The SMILES string of the molecule is COc1cccc(C(=O)NCC(=O)NCC2CCCN2c2ccccc2)c1. The van der Waals surface area contributed by atoms with Crippen LogP contribution in [0, 0.1) is 0 Å². The Morgan fingerprint density at radius 3 is 2.70 bits per heavy atom. The van der Waals surface area contributed by atoms with Crippen molar-refractivity contribution < 1.29 is 14.3 Å². The van der Waals surface area contributed by atoms with Crippen LogP contribution in [0.4, 0.5) is 5.69 Å². The fourth-order valence-corrected chi connectivity index (χ4v) is 3.33. The number of carbonyl (C=O) groups is 2. The van der Waals surface area contributed by atoms with Crippen LogP contribution in [0.25, 0.3) is 0 Å². The van der Waals surface area contributed by atoms with Gasteiger partial charge in [0.1, 0.15) is 5.75 Å². The summed E-state index contributed by atoms with van der Waals surface area (Å²) in [7, 11) is 1.55. The number of carbonyl (C=O) groups excluding carboxylic acids is 2. The van der Waals surface area contributed by atoms with Crippen LogP contribution in [0.2, 0.25) is 0 Å². The Bertz CT molecular complexity index is 779. The second-order valence-corrected chi connectivity index (χ2v) is 6.54. The Morgan fingerprint density at radius 2 is 1.93 bits per heavy atom. The van der Waals surface area contributed by atoms with Gasteiger partial charge in [-0.25, -0.2) is 0 Å². The molecule has 6 nitrogen and oxygen atoms in total. The van der Waals surface area contributed by atoms with E-state index in [9.17, 15) is 9.59 Å². The maximum absolute atomic E-state index is 12.2. The minimum atomic E-state index is -0.296. The molecule has 0 spiro atoms. The first-order chi connectivity index (χ1) is 13.2. The van der Waals surface area contributed by atoms with Crippen LogP contribution in [-0.2, 0) is 4.79 Å². The number of ether oxygens (including phenoxy) is 1. The van der Waals surface area contributed by atoms with E-state index in [1.54, 1.807) is 31.4 Å². The lowest BCUT2D eigenvalue weighted by molar-refractivity contribution is -0.120. The van der Waals surface area contributed by atoms with E-state index in [0.29, 0.717) is 17.9 Å². The molecule has 2 amide bonds. The summed E-state index contributed by atoms with van der Waals surface area (Å²) in [5.41, 5.74) is 1.65. The van der Waals surface area contributed by atoms with Crippen LogP contribution < -0.4 is 20.3 Å². The van der Waals surface area contributed by atoms with Gasteiger partial charge in [0.2, 0.25) is 5.91 Å². The largest absolute Gasteiger partial charge is 0.497 e. The van der Waals surface area contributed by atoms with Crippen molar-refractivity contribution >= 4 is 17.5 Å². The zero-order valence-electron chi connectivity index (χ0n) is 15.5. The number of amides is 2. The second kappa shape index (κ2) is 9.07. The normalized spacial score (nSPS) is 16.0.